The van der Waals surface area contributed by atoms with E-state index in [9.17, 15) is 38.7 Å². The van der Waals surface area contributed by atoms with Gasteiger partial charge in [0, 0.05) is 41.8 Å². The summed E-state index contributed by atoms with van der Waals surface area (Å²) in [4.78, 5) is 99.6. The predicted octanol–water partition coefficient (Wildman–Crippen LogP) is -0.680. The van der Waals surface area contributed by atoms with Gasteiger partial charge in [-0.1, -0.05) is 52.3 Å². The van der Waals surface area contributed by atoms with E-state index in [2.05, 4.69) is 41.5 Å². The Morgan fingerprint density at radius 1 is 0.788 bits per heavy atom. The molecule has 18 nitrogen and oxygen atoms in total. The summed E-state index contributed by atoms with van der Waals surface area (Å²) < 4.78 is 0. The molecule has 0 saturated carbocycles. The summed E-state index contributed by atoms with van der Waals surface area (Å²) in [6, 6.07) is 0.809. The number of carboxylic acid groups (broad SMARTS) is 2. The van der Waals surface area contributed by atoms with Crippen molar-refractivity contribution < 1.29 is 43.8 Å². The zero-order valence-electron chi connectivity index (χ0n) is 29.4. The molecule has 18 heteroatoms. The van der Waals surface area contributed by atoms with Crippen LogP contribution in [0.5, 0.6) is 0 Å². The maximum Gasteiger partial charge on any atom is 0.322 e. The Hall–Kier alpha value is -5.78. The normalized spacial score (nSPS) is 14.7. The van der Waals surface area contributed by atoms with Gasteiger partial charge in [0.2, 0.25) is 29.5 Å². The number of H-pyrrole nitrogens is 2. The first-order valence-electron chi connectivity index (χ1n) is 16.8. The SMILES string of the molecule is CC[C@H](C)[C@@H](N)C(=O)N[C@@H](Cc1cnc[nH]1)C(=O)N[C@H](C(=O)N[C@@H](Cc1c[nH]c2ccccc12)C(=O)N[C@@H](CC(=O)O)C(=O)NCC(=O)O)C(C)C. The lowest BCUT2D eigenvalue weighted by molar-refractivity contribution is -0.141. The first-order chi connectivity index (χ1) is 24.6. The summed E-state index contributed by atoms with van der Waals surface area (Å²) in [5, 5.41) is 31.5. The average molecular weight is 726 g/mol. The maximum absolute atomic E-state index is 13.9. The molecule has 282 valence electrons. The number of nitrogens with zero attached hydrogens (tertiary/aromatic N) is 1. The first-order valence-corrected chi connectivity index (χ1v) is 16.8. The monoisotopic (exact) mass is 725 g/mol. The predicted molar refractivity (Wildman–Crippen MR) is 187 cm³/mol. The highest BCUT2D eigenvalue weighted by atomic mass is 16.4. The van der Waals surface area contributed by atoms with Crippen LogP contribution in [0.4, 0.5) is 0 Å². The van der Waals surface area contributed by atoms with Gasteiger partial charge in [-0.05, 0) is 23.5 Å². The number of hydrogen-bond acceptors (Lipinski definition) is 9. The van der Waals surface area contributed by atoms with Crippen molar-refractivity contribution in [2.75, 3.05) is 6.54 Å². The van der Waals surface area contributed by atoms with E-state index >= 15 is 0 Å². The summed E-state index contributed by atoms with van der Waals surface area (Å²) in [6.45, 7) is 6.20. The number of hydrogen-bond donors (Lipinski definition) is 10. The minimum Gasteiger partial charge on any atom is -0.481 e. The number of amides is 5. The van der Waals surface area contributed by atoms with Crippen LogP contribution in [0.1, 0.15) is 51.8 Å². The van der Waals surface area contributed by atoms with Gasteiger partial charge in [0.1, 0.15) is 30.7 Å². The third-order valence-electron chi connectivity index (χ3n) is 8.58. The first kappa shape index (κ1) is 40.6. The van der Waals surface area contributed by atoms with E-state index in [1.807, 2.05) is 13.8 Å². The number of aliphatic carboxylic acids is 2. The lowest BCUT2D eigenvalue weighted by Crippen LogP contribution is -2.61. The second kappa shape index (κ2) is 19.0. The van der Waals surface area contributed by atoms with E-state index in [0.717, 1.165) is 10.9 Å². The van der Waals surface area contributed by atoms with Crippen molar-refractivity contribution in [3.8, 4) is 0 Å². The van der Waals surface area contributed by atoms with Crippen LogP contribution in [0.25, 0.3) is 10.9 Å². The standard InChI is InChI=1S/C34H47N9O9/c1-5-18(4)28(35)33(51)41-24(11-20-14-36-16-39-20)32(50)43-29(17(2)3)34(52)42-23(10-19-13-37-22-9-7-6-8-21(19)22)31(49)40-25(12-26(44)45)30(48)38-15-27(46)47/h6-9,13-14,16-18,23-25,28-29,37H,5,10-12,15,35H2,1-4H3,(H,36,39)(H,38,48)(H,40,49)(H,41,51)(H,42,52)(H,43,50)(H,44,45)(H,46,47)/t18-,23-,24-,25-,28+,29-/m0/s1. The molecule has 3 rings (SSSR count). The number of carbonyl (C=O) groups is 7. The molecule has 0 aliphatic rings. The van der Waals surface area contributed by atoms with Crippen LogP contribution in [0, 0.1) is 11.8 Å². The lowest BCUT2D eigenvalue weighted by Gasteiger charge is -2.28. The second-order valence-electron chi connectivity index (χ2n) is 12.9. The summed E-state index contributed by atoms with van der Waals surface area (Å²) in [5.41, 5.74) is 8.00. The lowest BCUT2D eigenvalue weighted by atomic mass is 9.98. The number of fused-ring (bicyclic) bond motifs is 1. The topological polar surface area (TPSA) is 291 Å². The number of nitrogens with two attached hydrogens (primary N) is 1. The number of carboxylic acids is 2. The van der Waals surface area contributed by atoms with Gasteiger partial charge in [0.15, 0.2) is 0 Å². The van der Waals surface area contributed by atoms with Crippen molar-refractivity contribution in [3.05, 3.63) is 54.2 Å². The van der Waals surface area contributed by atoms with Gasteiger partial charge in [-0.25, -0.2) is 4.98 Å². The Labute approximate surface area is 299 Å². The summed E-state index contributed by atoms with van der Waals surface area (Å²) in [6.07, 6.45) is 4.16. The third-order valence-corrected chi connectivity index (χ3v) is 8.58. The van der Waals surface area contributed by atoms with E-state index < -0.39 is 90.6 Å². The molecular formula is C34H47N9O9. The van der Waals surface area contributed by atoms with Gasteiger partial charge in [-0.3, -0.25) is 33.6 Å². The number of benzene rings is 1. The number of nitrogens with one attached hydrogen (secondary N) is 7. The number of rotatable bonds is 20. The van der Waals surface area contributed by atoms with Gasteiger partial charge >= 0.3 is 11.9 Å². The van der Waals surface area contributed by atoms with Gasteiger partial charge in [-0.15, -0.1) is 0 Å². The molecule has 0 bridgehead atoms. The van der Waals surface area contributed by atoms with E-state index in [-0.39, 0.29) is 18.8 Å². The molecule has 0 unspecified atom stereocenters. The largest absolute Gasteiger partial charge is 0.481 e. The van der Waals surface area contributed by atoms with Crippen LogP contribution in [-0.4, -0.2) is 103 Å². The second-order valence-corrected chi connectivity index (χ2v) is 12.9. The zero-order valence-corrected chi connectivity index (χ0v) is 29.4. The smallest absolute Gasteiger partial charge is 0.322 e. The highest BCUT2D eigenvalue weighted by Gasteiger charge is 2.34. The van der Waals surface area contributed by atoms with Crippen LogP contribution in [0.2, 0.25) is 0 Å². The Morgan fingerprint density at radius 3 is 2.04 bits per heavy atom. The van der Waals surface area contributed by atoms with Crippen LogP contribution in [0.3, 0.4) is 0 Å². The van der Waals surface area contributed by atoms with E-state index in [4.69, 9.17) is 10.8 Å². The molecule has 0 spiro atoms. The summed E-state index contributed by atoms with van der Waals surface area (Å²) in [7, 11) is 0. The summed E-state index contributed by atoms with van der Waals surface area (Å²) in [5.74, 6) is -7.58. The molecule has 52 heavy (non-hydrogen) atoms. The number of para-hydroxylation sites is 1. The maximum atomic E-state index is 13.9. The van der Waals surface area contributed by atoms with Crippen molar-refractivity contribution in [1.29, 1.82) is 0 Å². The number of aromatic amines is 2. The van der Waals surface area contributed by atoms with Crippen LogP contribution in [0.15, 0.2) is 43.0 Å². The van der Waals surface area contributed by atoms with E-state index in [1.54, 1.807) is 44.3 Å². The van der Waals surface area contributed by atoms with Crippen LogP contribution < -0.4 is 32.3 Å². The molecule has 0 radical (unpaired) electrons. The fourth-order valence-electron chi connectivity index (χ4n) is 5.33. The molecule has 0 fully saturated rings. The molecule has 1 aromatic carbocycles. The van der Waals surface area contributed by atoms with Crippen molar-refractivity contribution in [1.82, 2.24) is 41.5 Å². The van der Waals surface area contributed by atoms with Gasteiger partial charge in [0.25, 0.3) is 0 Å². The van der Waals surface area contributed by atoms with Crippen molar-refractivity contribution in [2.24, 2.45) is 17.6 Å². The molecule has 6 atom stereocenters. The molecular weight excluding hydrogens is 678 g/mol. The number of carbonyl (C=O) groups excluding carboxylic acids is 5. The van der Waals surface area contributed by atoms with Gasteiger partial charge in [-0.2, -0.15) is 0 Å². The highest BCUT2D eigenvalue weighted by Crippen LogP contribution is 2.20. The molecule has 0 aliphatic heterocycles. The molecule has 3 aromatic rings. The Bertz CT molecular complexity index is 1720. The molecule has 5 amide bonds. The quantitative estimate of drug-likeness (QED) is 0.0696. The minimum absolute atomic E-state index is 0.00225. The van der Waals surface area contributed by atoms with E-state index in [1.165, 1.54) is 12.5 Å². The molecule has 2 aromatic heterocycles. The minimum atomic E-state index is -1.68. The number of aromatic nitrogens is 3. The average Bonchev–Trinajstić information content (AvgIpc) is 3.77. The fourth-order valence-corrected chi connectivity index (χ4v) is 5.33. The fraction of sp³-hybridized carbons (Fsp3) is 0.471. The molecule has 0 aliphatic carbocycles. The van der Waals surface area contributed by atoms with Gasteiger partial charge < -0.3 is 52.5 Å². The zero-order chi connectivity index (χ0) is 38.5. The summed E-state index contributed by atoms with van der Waals surface area (Å²) >= 11 is 0. The molecule has 11 N–H and O–H groups in total. The van der Waals surface area contributed by atoms with Crippen molar-refractivity contribution >= 4 is 52.4 Å². The Morgan fingerprint density at radius 2 is 1.42 bits per heavy atom. The molecule has 0 saturated heterocycles. The van der Waals surface area contributed by atoms with Crippen molar-refractivity contribution in [3.63, 3.8) is 0 Å². The number of imidazole rings is 1. The highest BCUT2D eigenvalue weighted by molar-refractivity contribution is 5.97. The van der Waals surface area contributed by atoms with E-state index in [0.29, 0.717) is 17.7 Å². The Balaban J connectivity index is 1.89. The molecule has 2 heterocycles. The van der Waals surface area contributed by atoms with Crippen LogP contribution >= 0.6 is 0 Å². The van der Waals surface area contributed by atoms with Gasteiger partial charge in [0.05, 0.1) is 18.8 Å². The third kappa shape index (κ3) is 11.6. The van der Waals surface area contributed by atoms with Crippen LogP contribution in [-0.2, 0) is 46.4 Å². The van der Waals surface area contributed by atoms with Crippen molar-refractivity contribution in [2.45, 2.75) is 83.6 Å². The Kier molecular flexibility index (Phi) is 14.9.